The fourth-order valence-electron chi connectivity index (χ4n) is 1.65. The largest absolute Gasteiger partial charge is 0.280 e. The molecule has 9 heteroatoms. The second kappa shape index (κ2) is 6.37. The third-order valence-corrected chi connectivity index (χ3v) is 6.17. The molecule has 0 aliphatic carbocycles. The van der Waals surface area contributed by atoms with Gasteiger partial charge in [0.2, 0.25) is 10.0 Å². The van der Waals surface area contributed by atoms with Crippen LogP contribution in [0, 0.1) is 0 Å². The van der Waals surface area contributed by atoms with Crippen molar-refractivity contribution in [2.24, 2.45) is 0 Å². The highest BCUT2D eigenvalue weighted by Gasteiger charge is 2.15. The quantitative estimate of drug-likeness (QED) is 0.798. The van der Waals surface area contributed by atoms with Crippen molar-refractivity contribution in [3.63, 3.8) is 0 Å². The van der Waals surface area contributed by atoms with Crippen LogP contribution in [0.2, 0.25) is 0 Å². The SMILES string of the molecule is CNS(=O)(=O)c1ccc(NS(=O)(=O)c2ccc(Br)cc2)cc1. The minimum absolute atomic E-state index is 0.0570. The van der Waals surface area contributed by atoms with Gasteiger partial charge in [0.1, 0.15) is 0 Å². The molecule has 0 aliphatic heterocycles. The topological polar surface area (TPSA) is 92.3 Å². The summed E-state index contributed by atoms with van der Waals surface area (Å²) in [4.78, 5) is 0.171. The van der Waals surface area contributed by atoms with Gasteiger partial charge in [0, 0.05) is 10.2 Å². The van der Waals surface area contributed by atoms with Crippen molar-refractivity contribution in [1.82, 2.24) is 4.72 Å². The first-order valence-corrected chi connectivity index (χ1v) is 9.82. The molecule has 2 aromatic rings. The Kier molecular flexibility index (Phi) is 4.90. The Hall–Kier alpha value is -1.42. The first-order chi connectivity index (χ1) is 10.2. The lowest BCUT2D eigenvalue weighted by molar-refractivity contribution is 0.588. The zero-order chi connectivity index (χ0) is 16.4. The van der Waals surface area contributed by atoms with Crippen LogP contribution >= 0.6 is 15.9 Å². The highest BCUT2D eigenvalue weighted by atomic mass is 79.9. The van der Waals surface area contributed by atoms with Crippen LogP contribution in [0.25, 0.3) is 0 Å². The van der Waals surface area contributed by atoms with Gasteiger partial charge in [0.15, 0.2) is 0 Å². The van der Waals surface area contributed by atoms with Crippen molar-refractivity contribution >= 4 is 41.7 Å². The van der Waals surface area contributed by atoms with Crippen LogP contribution in [-0.2, 0) is 20.0 Å². The number of hydrogen-bond donors (Lipinski definition) is 2. The molecule has 0 bridgehead atoms. The molecule has 0 radical (unpaired) electrons. The second-order valence-electron chi connectivity index (χ2n) is 4.29. The van der Waals surface area contributed by atoms with Gasteiger partial charge < -0.3 is 0 Å². The van der Waals surface area contributed by atoms with Crippen LogP contribution in [0.5, 0.6) is 0 Å². The first-order valence-electron chi connectivity index (χ1n) is 6.06. The zero-order valence-corrected chi connectivity index (χ0v) is 14.7. The van der Waals surface area contributed by atoms with Gasteiger partial charge in [-0.3, -0.25) is 4.72 Å². The predicted molar refractivity (Wildman–Crippen MR) is 87.6 cm³/mol. The maximum absolute atomic E-state index is 12.2. The molecule has 6 nitrogen and oxygen atoms in total. The number of benzene rings is 2. The Morgan fingerprint density at radius 3 is 1.73 bits per heavy atom. The Morgan fingerprint density at radius 1 is 0.773 bits per heavy atom. The molecule has 0 aliphatic rings. The van der Waals surface area contributed by atoms with E-state index in [9.17, 15) is 16.8 Å². The maximum Gasteiger partial charge on any atom is 0.261 e. The molecule has 2 rings (SSSR count). The van der Waals surface area contributed by atoms with Gasteiger partial charge in [-0.15, -0.1) is 0 Å². The number of rotatable bonds is 5. The average Bonchev–Trinajstić information content (AvgIpc) is 2.48. The number of sulfonamides is 2. The average molecular weight is 405 g/mol. The summed E-state index contributed by atoms with van der Waals surface area (Å²) in [6, 6.07) is 11.6. The van der Waals surface area contributed by atoms with E-state index in [0.717, 1.165) is 4.47 Å². The lowest BCUT2D eigenvalue weighted by Crippen LogP contribution is -2.18. The van der Waals surface area contributed by atoms with Crippen LogP contribution in [0.15, 0.2) is 62.8 Å². The van der Waals surface area contributed by atoms with E-state index in [4.69, 9.17) is 0 Å². The molecular formula is C13H13BrN2O4S2. The van der Waals surface area contributed by atoms with Crippen LogP contribution < -0.4 is 9.44 Å². The van der Waals surface area contributed by atoms with E-state index in [1.807, 2.05) is 0 Å². The predicted octanol–water partition coefficient (Wildman–Crippen LogP) is 2.16. The Labute approximate surface area is 137 Å². The zero-order valence-electron chi connectivity index (χ0n) is 11.4. The minimum atomic E-state index is -3.72. The summed E-state index contributed by atoms with van der Waals surface area (Å²) in [6.45, 7) is 0. The van der Waals surface area contributed by atoms with Crippen molar-refractivity contribution in [3.05, 3.63) is 53.0 Å². The van der Waals surface area contributed by atoms with E-state index in [0.29, 0.717) is 0 Å². The van der Waals surface area contributed by atoms with Gasteiger partial charge in [-0.05, 0) is 55.6 Å². The standard InChI is InChI=1S/C13H13BrN2O4S2/c1-15-21(17,18)12-8-4-11(5-9-12)16-22(19,20)13-6-2-10(14)3-7-13/h2-9,15-16H,1H3. The smallest absolute Gasteiger partial charge is 0.261 e. The van der Waals surface area contributed by atoms with E-state index >= 15 is 0 Å². The molecule has 2 N–H and O–H groups in total. The van der Waals surface area contributed by atoms with Gasteiger partial charge in [-0.1, -0.05) is 15.9 Å². The van der Waals surface area contributed by atoms with E-state index < -0.39 is 20.0 Å². The van der Waals surface area contributed by atoms with Crippen LogP contribution in [0.4, 0.5) is 5.69 Å². The molecule has 0 unspecified atom stereocenters. The van der Waals surface area contributed by atoms with Gasteiger partial charge in [-0.2, -0.15) is 0 Å². The Balaban J connectivity index is 2.25. The van der Waals surface area contributed by atoms with E-state index in [-0.39, 0.29) is 15.5 Å². The minimum Gasteiger partial charge on any atom is -0.280 e. The highest BCUT2D eigenvalue weighted by Crippen LogP contribution is 2.20. The number of anilines is 1. The van der Waals surface area contributed by atoms with Gasteiger partial charge in [-0.25, -0.2) is 21.6 Å². The Morgan fingerprint density at radius 2 is 1.23 bits per heavy atom. The van der Waals surface area contributed by atoms with Crippen molar-refractivity contribution in [1.29, 1.82) is 0 Å². The molecule has 2 aromatic carbocycles. The third kappa shape index (κ3) is 3.86. The van der Waals surface area contributed by atoms with E-state index in [1.54, 1.807) is 12.1 Å². The summed E-state index contributed by atoms with van der Waals surface area (Å²) < 4.78 is 52.9. The first kappa shape index (κ1) is 16.9. The van der Waals surface area contributed by atoms with Crippen molar-refractivity contribution in [3.8, 4) is 0 Å². The van der Waals surface area contributed by atoms with Crippen molar-refractivity contribution < 1.29 is 16.8 Å². The normalized spacial score (nSPS) is 12.1. The molecule has 0 heterocycles. The second-order valence-corrected chi connectivity index (χ2v) is 8.78. The lowest BCUT2D eigenvalue weighted by atomic mass is 10.3. The van der Waals surface area contributed by atoms with Crippen LogP contribution in [0.3, 0.4) is 0 Å². The Bertz CT molecular complexity index is 861. The fraction of sp³-hybridized carbons (Fsp3) is 0.0769. The van der Waals surface area contributed by atoms with E-state index in [1.165, 1.54) is 43.4 Å². The number of nitrogens with one attached hydrogen (secondary N) is 2. The number of halogens is 1. The van der Waals surface area contributed by atoms with Crippen LogP contribution in [0.1, 0.15) is 0 Å². The van der Waals surface area contributed by atoms with Gasteiger partial charge >= 0.3 is 0 Å². The fourth-order valence-corrected chi connectivity index (χ4v) is 3.70. The summed E-state index contributed by atoms with van der Waals surface area (Å²) in [5, 5.41) is 0. The molecule has 0 atom stereocenters. The van der Waals surface area contributed by atoms with Gasteiger partial charge in [0.25, 0.3) is 10.0 Å². The summed E-state index contributed by atoms with van der Waals surface area (Å²) in [5.74, 6) is 0. The molecule has 22 heavy (non-hydrogen) atoms. The summed E-state index contributed by atoms with van der Waals surface area (Å²) >= 11 is 3.23. The van der Waals surface area contributed by atoms with E-state index in [2.05, 4.69) is 25.4 Å². The number of hydrogen-bond acceptors (Lipinski definition) is 4. The van der Waals surface area contributed by atoms with Crippen molar-refractivity contribution in [2.45, 2.75) is 9.79 Å². The summed E-state index contributed by atoms with van der Waals surface area (Å²) in [6.07, 6.45) is 0. The third-order valence-electron chi connectivity index (χ3n) is 2.81. The van der Waals surface area contributed by atoms with Gasteiger partial charge in [0.05, 0.1) is 9.79 Å². The summed E-state index contributed by atoms with van der Waals surface area (Å²) in [7, 11) is -5.96. The molecule has 118 valence electrons. The molecular weight excluding hydrogens is 392 g/mol. The maximum atomic E-state index is 12.2. The molecule has 0 saturated heterocycles. The van der Waals surface area contributed by atoms with Crippen LogP contribution in [-0.4, -0.2) is 23.9 Å². The monoisotopic (exact) mass is 404 g/mol. The lowest BCUT2D eigenvalue weighted by Gasteiger charge is -2.09. The molecule has 0 fully saturated rings. The van der Waals surface area contributed by atoms with Crippen molar-refractivity contribution in [2.75, 3.05) is 11.8 Å². The highest BCUT2D eigenvalue weighted by molar-refractivity contribution is 9.10. The molecule has 0 aromatic heterocycles. The molecule has 0 spiro atoms. The summed E-state index contributed by atoms with van der Waals surface area (Å²) in [5.41, 5.74) is 0.276. The molecule has 0 saturated carbocycles. The molecule has 0 amide bonds.